The van der Waals surface area contributed by atoms with Crippen LogP contribution >= 0.6 is 0 Å². The highest BCUT2D eigenvalue weighted by molar-refractivity contribution is 5.78. The van der Waals surface area contributed by atoms with Crippen molar-refractivity contribution in [2.24, 2.45) is 5.92 Å². The molecule has 1 amide bonds. The first-order valence-electron chi connectivity index (χ1n) is 4.50. The second-order valence-corrected chi connectivity index (χ2v) is 3.69. The number of carboxylic acids is 1. The monoisotopic (exact) mass is 185 g/mol. The Hall–Kier alpha value is -1.06. The minimum Gasteiger partial charge on any atom is -0.481 e. The van der Waals surface area contributed by atoms with Crippen LogP contribution in [0.3, 0.4) is 0 Å². The highest BCUT2D eigenvalue weighted by atomic mass is 16.4. The zero-order valence-electron chi connectivity index (χ0n) is 7.99. The van der Waals surface area contributed by atoms with E-state index in [0.717, 1.165) is 6.42 Å². The molecule has 74 valence electrons. The van der Waals surface area contributed by atoms with Gasteiger partial charge in [-0.25, -0.2) is 0 Å². The Morgan fingerprint density at radius 3 is 2.77 bits per heavy atom. The van der Waals surface area contributed by atoms with E-state index < -0.39 is 5.97 Å². The summed E-state index contributed by atoms with van der Waals surface area (Å²) in [5.74, 6) is -0.614. The standard InChI is InChI=1S/C9H15NO3/c1-6(5-9(12)13)7-3-4-8(11)10(7)2/h6-7H,3-5H2,1-2H3,(H,12,13). The summed E-state index contributed by atoms with van der Waals surface area (Å²) in [6.07, 6.45) is 1.50. The lowest BCUT2D eigenvalue weighted by molar-refractivity contribution is -0.139. The third-order valence-corrected chi connectivity index (χ3v) is 2.70. The van der Waals surface area contributed by atoms with Crippen LogP contribution in [-0.2, 0) is 9.59 Å². The summed E-state index contributed by atoms with van der Waals surface area (Å²) in [4.78, 5) is 23.3. The van der Waals surface area contributed by atoms with Gasteiger partial charge in [-0.3, -0.25) is 9.59 Å². The maximum Gasteiger partial charge on any atom is 0.303 e. The molecule has 1 fully saturated rings. The van der Waals surface area contributed by atoms with Gasteiger partial charge in [0.15, 0.2) is 0 Å². The molecule has 0 aromatic heterocycles. The van der Waals surface area contributed by atoms with Gasteiger partial charge in [-0.2, -0.15) is 0 Å². The van der Waals surface area contributed by atoms with Crippen LogP contribution in [0.15, 0.2) is 0 Å². The summed E-state index contributed by atoms with van der Waals surface area (Å²) < 4.78 is 0. The van der Waals surface area contributed by atoms with E-state index in [-0.39, 0.29) is 24.3 Å². The van der Waals surface area contributed by atoms with Gasteiger partial charge in [-0.15, -0.1) is 0 Å². The quantitative estimate of drug-likeness (QED) is 0.704. The lowest BCUT2D eigenvalue weighted by atomic mass is 9.96. The predicted octanol–water partition coefficient (Wildman–Crippen LogP) is 0.718. The molecule has 1 saturated heterocycles. The van der Waals surface area contributed by atoms with E-state index in [4.69, 9.17) is 5.11 Å². The number of carbonyl (C=O) groups excluding carboxylic acids is 1. The summed E-state index contributed by atoms with van der Waals surface area (Å²) in [6.45, 7) is 1.88. The van der Waals surface area contributed by atoms with Crippen molar-refractivity contribution in [1.29, 1.82) is 0 Å². The molecule has 1 N–H and O–H groups in total. The molecule has 1 rings (SSSR count). The van der Waals surface area contributed by atoms with Crippen LogP contribution in [0.5, 0.6) is 0 Å². The molecule has 13 heavy (non-hydrogen) atoms. The summed E-state index contributed by atoms with van der Waals surface area (Å²) in [5, 5.41) is 8.59. The van der Waals surface area contributed by atoms with Gasteiger partial charge >= 0.3 is 5.97 Å². The maximum atomic E-state index is 11.2. The van der Waals surface area contributed by atoms with E-state index in [1.807, 2.05) is 6.92 Å². The fraction of sp³-hybridized carbons (Fsp3) is 0.778. The number of hydrogen-bond acceptors (Lipinski definition) is 2. The fourth-order valence-corrected chi connectivity index (χ4v) is 1.90. The molecular formula is C9H15NO3. The zero-order chi connectivity index (χ0) is 10.0. The van der Waals surface area contributed by atoms with Crippen LogP contribution in [0, 0.1) is 5.92 Å². The molecule has 0 aromatic carbocycles. The molecule has 1 aliphatic heterocycles. The first-order chi connectivity index (χ1) is 6.02. The third kappa shape index (κ3) is 2.20. The van der Waals surface area contributed by atoms with Crippen molar-refractivity contribution in [3.05, 3.63) is 0 Å². The largest absolute Gasteiger partial charge is 0.481 e. The van der Waals surface area contributed by atoms with Crippen molar-refractivity contribution < 1.29 is 14.7 Å². The Morgan fingerprint density at radius 1 is 1.77 bits per heavy atom. The van der Waals surface area contributed by atoms with E-state index in [1.54, 1.807) is 11.9 Å². The topological polar surface area (TPSA) is 57.6 Å². The molecule has 2 unspecified atom stereocenters. The minimum absolute atomic E-state index is 0.0500. The van der Waals surface area contributed by atoms with Gasteiger partial charge < -0.3 is 10.0 Å². The Balaban J connectivity index is 2.52. The third-order valence-electron chi connectivity index (χ3n) is 2.70. The highest BCUT2D eigenvalue weighted by Crippen LogP contribution is 2.25. The molecule has 0 aliphatic carbocycles. The molecule has 1 heterocycles. The average molecular weight is 185 g/mol. The van der Waals surface area contributed by atoms with E-state index in [2.05, 4.69) is 0 Å². The summed E-state index contributed by atoms with van der Waals surface area (Å²) >= 11 is 0. The lowest BCUT2D eigenvalue weighted by Crippen LogP contribution is -2.34. The molecular weight excluding hydrogens is 170 g/mol. The number of carbonyl (C=O) groups is 2. The molecule has 2 atom stereocenters. The summed E-state index contributed by atoms with van der Waals surface area (Å²) in [5.41, 5.74) is 0. The second kappa shape index (κ2) is 3.77. The molecule has 4 nitrogen and oxygen atoms in total. The van der Waals surface area contributed by atoms with Crippen LogP contribution in [0.1, 0.15) is 26.2 Å². The molecule has 0 bridgehead atoms. The number of aliphatic carboxylic acids is 1. The fourth-order valence-electron chi connectivity index (χ4n) is 1.90. The average Bonchev–Trinajstić information content (AvgIpc) is 2.31. The van der Waals surface area contributed by atoms with Crippen molar-refractivity contribution in [3.8, 4) is 0 Å². The SMILES string of the molecule is CC(CC(=O)O)C1CCC(=O)N1C. The lowest BCUT2D eigenvalue weighted by Gasteiger charge is -2.24. The van der Waals surface area contributed by atoms with Gasteiger partial charge in [0.25, 0.3) is 0 Å². The number of likely N-dealkylation sites (tertiary alicyclic amines) is 1. The Bertz CT molecular complexity index is 227. The number of amides is 1. The van der Waals surface area contributed by atoms with Crippen molar-refractivity contribution in [2.45, 2.75) is 32.2 Å². The first-order valence-corrected chi connectivity index (χ1v) is 4.50. The number of carboxylic acid groups (broad SMARTS) is 1. The van der Waals surface area contributed by atoms with Crippen molar-refractivity contribution >= 4 is 11.9 Å². The van der Waals surface area contributed by atoms with Gasteiger partial charge in [0, 0.05) is 25.9 Å². The van der Waals surface area contributed by atoms with Crippen molar-refractivity contribution in [3.63, 3.8) is 0 Å². The van der Waals surface area contributed by atoms with Gasteiger partial charge in [0.2, 0.25) is 5.91 Å². The van der Waals surface area contributed by atoms with Gasteiger partial charge in [0.1, 0.15) is 0 Å². The number of hydrogen-bond donors (Lipinski definition) is 1. The van der Waals surface area contributed by atoms with Gasteiger partial charge in [-0.05, 0) is 12.3 Å². The smallest absolute Gasteiger partial charge is 0.303 e. The highest BCUT2D eigenvalue weighted by Gasteiger charge is 2.32. The van der Waals surface area contributed by atoms with E-state index in [1.165, 1.54) is 0 Å². The van der Waals surface area contributed by atoms with Gasteiger partial charge in [0.05, 0.1) is 0 Å². The van der Waals surface area contributed by atoms with Crippen molar-refractivity contribution in [2.75, 3.05) is 7.05 Å². The Morgan fingerprint density at radius 2 is 2.38 bits per heavy atom. The molecule has 1 aliphatic rings. The van der Waals surface area contributed by atoms with Gasteiger partial charge in [-0.1, -0.05) is 6.92 Å². The number of nitrogens with zero attached hydrogens (tertiary/aromatic N) is 1. The molecule has 0 saturated carbocycles. The number of rotatable bonds is 3. The van der Waals surface area contributed by atoms with E-state index in [9.17, 15) is 9.59 Å². The van der Waals surface area contributed by atoms with Crippen LogP contribution in [0.4, 0.5) is 0 Å². The van der Waals surface area contributed by atoms with Crippen LogP contribution in [0.2, 0.25) is 0 Å². The first kappa shape index (κ1) is 10.0. The molecule has 4 heteroatoms. The minimum atomic E-state index is -0.791. The maximum absolute atomic E-state index is 11.2. The summed E-state index contributed by atoms with van der Waals surface area (Å²) in [6, 6.07) is 0.114. The molecule has 0 aromatic rings. The predicted molar refractivity (Wildman–Crippen MR) is 47.2 cm³/mol. The van der Waals surface area contributed by atoms with Crippen molar-refractivity contribution in [1.82, 2.24) is 4.90 Å². The van der Waals surface area contributed by atoms with Crippen LogP contribution < -0.4 is 0 Å². The zero-order valence-corrected chi connectivity index (χ0v) is 7.99. The second-order valence-electron chi connectivity index (χ2n) is 3.69. The molecule has 0 radical (unpaired) electrons. The van der Waals surface area contributed by atoms with Crippen LogP contribution in [0.25, 0.3) is 0 Å². The normalized spacial score (nSPS) is 24.9. The summed E-state index contributed by atoms with van der Waals surface area (Å²) in [7, 11) is 1.75. The Labute approximate surface area is 77.5 Å². The van der Waals surface area contributed by atoms with E-state index in [0.29, 0.717) is 6.42 Å². The molecule has 0 spiro atoms. The van der Waals surface area contributed by atoms with Crippen LogP contribution in [-0.4, -0.2) is 35.0 Å². The van der Waals surface area contributed by atoms with E-state index >= 15 is 0 Å². The Kier molecular flexibility index (Phi) is 2.90.